The summed E-state index contributed by atoms with van der Waals surface area (Å²) in [5.41, 5.74) is 11.3. The number of hydrogen-bond donors (Lipinski definition) is 1. The highest BCUT2D eigenvalue weighted by Gasteiger charge is 2.14. The molecular formula is C14H16N4. The first-order valence-corrected chi connectivity index (χ1v) is 5.91. The molecule has 2 heterocycles. The van der Waals surface area contributed by atoms with Crippen molar-refractivity contribution >= 4 is 16.6 Å². The largest absolute Gasteiger partial charge is 0.396 e. The summed E-state index contributed by atoms with van der Waals surface area (Å²) in [6, 6.07) is 6.45. The number of aromatic nitrogens is 3. The fraction of sp³-hybridized carbons (Fsp3) is 0.214. The van der Waals surface area contributed by atoms with Gasteiger partial charge in [0.25, 0.3) is 0 Å². The molecule has 0 amide bonds. The molecule has 2 N–H and O–H groups in total. The maximum absolute atomic E-state index is 6.01. The van der Waals surface area contributed by atoms with Gasteiger partial charge in [0.15, 0.2) is 0 Å². The van der Waals surface area contributed by atoms with Crippen LogP contribution >= 0.6 is 0 Å². The van der Waals surface area contributed by atoms with E-state index in [1.165, 1.54) is 16.5 Å². The molecule has 0 atom stereocenters. The molecule has 2 aromatic heterocycles. The van der Waals surface area contributed by atoms with Gasteiger partial charge < -0.3 is 10.3 Å². The number of rotatable bonds is 1. The van der Waals surface area contributed by atoms with E-state index in [2.05, 4.69) is 48.0 Å². The van der Waals surface area contributed by atoms with Crippen LogP contribution in [0.5, 0.6) is 0 Å². The zero-order valence-corrected chi connectivity index (χ0v) is 10.8. The predicted molar refractivity (Wildman–Crippen MR) is 74.3 cm³/mol. The van der Waals surface area contributed by atoms with Gasteiger partial charge in [-0.15, -0.1) is 0 Å². The molecule has 0 aliphatic carbocycles. The van der Waals surface area contributed by atoms with Crippen LogP contribution in [0.4, 0.5) is 5.69 Å². The van der Waals surface area contributed by atoms with Crippen molar-refractivity contribution in [3.05, 3.63) is 36.2 Å². The third kappa shape index (κ3) is 1.42. The van der Waals surface area contributed by atoms with E-state index in [1.807, 2.05) is 11.7 Å². The summed E-state index contributed by atoms with van der Waals surface area (Å²) in [5, 5.41) is 5.42. The van der Waals surface area contributed by atoms with Gasteiger partial charge in [0.2, 0.25) is 0 Å². The second kappa shape index (κ2) is 3.63. The molecule has 0 spiro atoms. The van der Waals surface area contributed by atoms with Gasteiger partial charge in [-0.3, -0.25) is 4.68 Å². The molecule has 4 nitrogen and oxygen atoms in total. The Labute approximate surface area is 106 Å². The van der Waals surface area contributed by atoms with Crippen LogP contribution in [0.1, 0.15) is 5.56 Å². The second-order valence-electron chi connectivity index (χ2n) is 4.75. The lowest BCUT2D eigenvalue weighted by Gasteiger charge is -2.02. The van der Waals surface area contributed by atoms with Crippen molar-refractivity contribution in [2.24, 2.45) is 14.1 Å². The summed E-state index contributed by atoms with van der Waals surface area (Å²) in [4.78, 5) is 0. The number of nitrogen functional groups attached to an aromatic ring is 1. The average Bonchev–Trinajstić information content (AvgIpc) is 2.81. The van der Waals surface area contributed by atoms with Crippen LogP contribution in [0.2, 0.25) is 0 Å². The topological polar surface area (TPSA) is 48.8 Å². The van der Waals surface area contributed by atoms with Gasteiger partial charge >= 0.3 is 0 Å². The van der Waals surface area contributed by atoms with Crippen LogP contribution < -0.4 is 5.73 Å². The third-order valence-corrected chi connectivity index (χ3v) is 3.37. The molecule has 4 heteroatoms. The summed E-state index contributed by atoms with van der Waals surface area (Å²) in [6.07, 6.45) is 3.81. The summed E-state index contributed by atoms with van der Waals surface area (Å²) < 4.78 is 3.95. The van der Waals surface area contributed by atoms with Crippen molar-refractivity contribution in [1.29, 1.82) is 0 Å². The summed E-state index contributed by atoms with van der Waals surface area (Å²) in [6.45, 7) is 2.10. The van der Waals surface area contributed by atoms with E-state index in [-0.39, 0.29) is 0 Å². The lowest BCUT2D eigenvalue weighted by molar-refractivity contribution is 0.776. The van der Waals surface area contributed by atoms with Gasteiger partial charge in [0.05, 0.1) is 17.6 Å². The Kier molecular flexibility index (Phi) is 2.20. The van der Waals surface area contributed by atoms with E-state index in [9.17, 15) is 0 Å². The maximum Gasteiger partial charge on any atom is 0.0930 e. The van der Waals surface area contributed by atoms with Gasteiger partial charge in [0, 0.05) is 36.8 Å². The lowest BCUT2D eigenvalue weighted by atomic mass is 10.1. The highest BCUT2D eigenvalue weighted by molar-refractivity contribution is 5.98. The highest BCUT2D eigenvalue weighted by atomic mass is 15.3. The minimum absolute atomic E-state index is 0.713. The summed E-state index contributed by atoms with van der Waals surface area (Å²) in [7, 11) is 3.97. The summed E-state index contributed by atoms with van der Waals surface area (Å²) >= 11 is 0. The SMILES string of the molecule is Cc1ccc2c(-c3c(N)cnn3C)cn(C)c2c1. The molecule has 0 radical (unpaired) electrons. The molecule has 0 fully saturated rings. The standard InChI is InChI=1S/C14H16N4/c1-9-4-5-10-11(8-17(2)13(10)6-9)14-12(15)7-16-18(14)3/h4-8H,15H2,1-3H3. The number of hydrogen-bond acceptors (Lipinski definition) is 2. The molecule has 0 aliphatic heterocycles. The zero-order valence-electron chi connectivity index (χ0n) is 10.8. The lowest BCUT2D eigenvalue weighted by Crippen LogP contribution is -1.95. The maximum atomic E-state index is 6.01. The number of fused-ring (bicyclic) bond motifs is 1. The van der Waals surface area contributed by atoms with Crippen molar-refractivity contribution in [3.63, 3.8) is 0 Å². The number of benzene rings is 1. The molecule has 0 bridgehead atoms. The Hall–Kier alpha value is -2.23. The first kappa shape index (κ1) is 10.9. The van der Waals surface area contributed by atoms with E-state index in [0.29, 0.717) is 5.69 Å². The average molecular weight is 240 g/mol. The van der Waals surface area contributed by atoms with Crippen molar-refractivity contribution in [1.82, 2.24) is 14.3 Å². The quantitative estimate of drug-likeness (QED) is 0.710. The van der Waals surface area contributed by atoms with Gasteiger partial charge in [-0.25, -0.2) is 0 Å². The fourth-order valence-electron chi connectivity index (χ4n) is 2.47. The number of nitrogens with two attached hydrogens (primary N) is 1. The van der Waals surface area contributed by atoms with Crippen LogP contribution in [0.15, 0.2) is 30.6 Å². The van der Waals surface area contributed by atoms with Gasteiger partial charge in [-0.1, -0.05) is 12.1 Å². The molecule has 0 aliphatic rings. The normalized spacial score (nSPS) is 11.3. The van der Waals surface area contributed by atoms with Crippen molar-refractivity contribution in [2.75, 3.05) is 5.73 Å². The van der Waals surface area contributed by atoms with E-state index in [4.69, 9.17) is 5.73 Å². The molecule has 3 rings (SSSR count). The fourth-order valence-corrected chi connectivity index (χ4v) is 2.47. The van der Waals surface area contributed by atoms with Crippen LogP contribution in [0.25, 0.3) is 22.2 Å². The molecule has 0 saturated heterocycles. The molecule has 92 valence electrons. The first-order valence-electron chi connectivity index (χ1n) is 5.91. The second-order valence-corrected chi connectivity index (χ2v) is 4.75. The van der Waals surface area contributed by atoms with E-state index >= 15 is 0 Å². The van der Waals surface area contributed by atoms with Gasteiger partial charge in [0.1, 0.15) is 0 Å². The van der Waals surface area contributed by atoms with Gasteiger partial charge in [-0.2, -0.15) is 5.10 Å². The zero-order chi connectivity index (χ0) is 12.9. The molecule has 0 saturated carbocycles. The Morgan fingerprint density at radius 2 is 2.00 bits per heavy atom. The number of nitrogens with zero attached hydrogens (tertiary/aromatic N) is 3. The predicted octanol–water partition coefficient (Wildman–Crippen LogP) is 2.47. The van der Waals surface area contributed by atoms with Crippen molar-refractivity contribution < 1.29 is 0 Å². The minimum Gasteiger partial charge on any atom is -0.396 e. The van der Waals surface area contributed by atoms with Crippen LogP contribution in [0, 0.1) is 6.92 Å². The molecule has 1 aromatic carbocycles. The molecule has 3 aromatic rings. The molecule has 0 unspecified atom stereocenters. The summed E-state index contributed by atoms with van der Waals surface area (Å²) in [5.74, 6) is 0. The molecule has 18 heavy (non-hydrogen) atoms. The third-order valence-electron chi connectivity index (χ3n) is 3.37. The smallest absolute Gasteiger partial charge is 0.0930 e. The first-order chi connectivity index (χ1) is 8.58. The Morgan fingerprint density at radius 1 is 1.22 bits per heavy atom. The minimum atomic E-state index is 0.713. The number of anilines is 1. The van der Waals surface area contributed by atoms with Crippen molar-refractivity contribution in [3.8, 4) is 11.3 Å². The molecular weight excluding hydrogens is 224 g/mol. The van der Waals surface area contributed by atoms with E-state index in [0.717, 1.165) is 11.3 Å². The van der Waals surface area contributed by atoms with Crippen LogP contribution in [-0.2, 0) is 14.1 Å². The van der Waals surface area contributed by atoms with Crippen molar-refractivity contribution in [2.45, 2.75) is 6.92 Å². The van der Waals surface area contributed by atoms with Gasteiger partial charge in [-0.05, 0) is 18.6 Å². The van der Waals surface area contributed by atoms with E-state index in [1.54, 1.807) is 6.20 Å². The Bertz CT molecular complexity index is 714. The van der Waals surface area contributed by atoms with E-state index < -0.39 is 0 Å². The Morgan fingerprint density at radius 3 is 2.67 bits per heavy atom. The number of aryl methyl sites for hydroxylation is 3. The Balaban J connectivity index is 2.37. The van der Waals surface area contributed by atoms with Crippen LogP contribution in [0.3, 0.4) is 0 Å². The monoisotopic (exact) mass is 240 g/mol. The van der Waals surface area contributed by atoms with Crippen LogP contribution in [-0.4, -0.2) is 14.3 Å². The highest BCUT2D eigenvalue weighted by Crippen LogP contribution is 2.33.